The first kappa shape index (κ1) is 22.8. The zero-order chi connectivity index (χ0) is 24.6. The Bertz CT molecular complexity index is 1370. The molecule has 1 fully saturated rings. The van der Waals surface area contributed by atoms with Crippen LogP contribution in [0.25, 0.3) is 33.5 Å². The van der Waals surface area contributed by atoms with Gasteiger partial charge in [0.05, 0.1) is 16.9 Å². The van der Waals surface area contributed by atoms with E-state index in [9.17, 15) is 9.90 Å². The third kappa shape index (κ3) is 4.56. The second kappa shape index (κ2) is 8.69. The van der Waals surface area contributed by atoms with Crippen molar-refractivity contribution in [3.8, 4) is 28.3 Å². The third-order valence-corrected chi connectivity index (χ3v) is 6.33. The number of aromatic hydroxyl groups is 1. The highest BCUT2D eigenvalue weighted by atomic mass is 16.6. The van der Waals surface area contributed by atoms with E-state index < -0.39 is 11.7 Å². The summed E-state index contributed by atoms with van der Waals surface area (Å²) in [5.41, 5.74) is 4.35. The maximum absolute atomic E-state index is 12.5. The molecule has 0 unspecified atom stereocenters. The van der Waals surface area contributed by atoms with E-state index in [1.54, 1.807) is 12.1 Å². The summed E-state index contributed by atoms with van der Waals surface area (Å²) in [5.74, 6) is 0.0964. The molecule has 0 atom stereocenters. The molecular formula is C29H29N3O3. The summed E-state index contributed by atoms with van der Waals surface area (Å²) in [6, 6.07) is 23.1. The molecule has 5 rings (SSSR count). The van der Waals surface area contributed by atoms with E-state index in [0.717, 1.165) is 41.6 Å². The predicted molar refractivity (Wildman–Crippen MR) is 137 cm³/mol. The molecule has 0 bridgehead atoms. The van der Waals surface area contributed by atoms with Crippen molar-refractivity contribution in [1.29, 1.82) is 0 Å². The lowest BCUT2D eigenvalue weighted by Crippen LogP contribution is -2.47. The highest BCUT2D eigenvalue weighted by Crippen LogP contribution is 2.45. The fourth-order valence-corrected chi connectivity index (χ4v) is 4.45. The molecule has 0 spiro atoms. The zero-order valence-corrected chi connectivity index (χ0v) is 20.2. The van der Waals surface area contributed by atoms with Crippen molar-refractivity contribution in [2.75, 3.05) is 0 Å². The van der Waals surface area contributed by atoms with Crippen molar-refractivity contribution >= 4 is 17.1 Å². The molecule has 1 heterocycles. The standard InChI is InChI=1S/C29H29N3O3/c1-28(2,3)32-27(34)35-29(17-8-18-29)21-15-13-20(14-16-21)25-24(19-9-5-4-6-10-19)30-22-11-7-12-23(33)26(22)31-25/h4-7,9-16,33H,8,17-18H2,1-3H3,(H,32,34). The van der Waals surface area contributed by atoms with Crippen molar-refractivity contribution in [3.05, 3.63) is 78.4 Å². The van der Waals surface area contributed by atoms with Crippen LogP contribution in [-0.4, -0.2) is 26.7 Å². The normalized spacial score (nSPS) is 14.8. The van der Waals surface area contributed by atoms with Crippen LogP contribution in [0.5, 0.6) is 5.75 Å². The lowest BCUT2D eigenvalue weighted by atomic mass is 9.74. The van der Waals surface area contributed by atoms with Gasteiger partial charge in [-0.05, 0) is 57.7 Å². The van der Waals surface area contributed by atoms with Crippen LogP contribution in [0.15, 0.2) is 72.8 Å². The zero-order valence-electron chi connectivity index (χ0n) is 20.2. The topological polar surface area (TPSA) is 84.3 Å². The average Bonchev–Trinajstić information content (AvgIpc) is 2.81. The molecule has 6 heteroatoms. The van der Waals surface area contributed by atoms with Crippen LogP contribution >= 0.6 is 0 Å². The van der Waals surface area contributed by atoms with Crippen molar-refractivity contribution in [1.82, 2.24) is 15.3 Å². The fraction of sp³-hybridized carbons (Fsp3) is 0.276. The van der Waals surface area contributed by atoms with Crippen LogP contribution < -0.4 is 5.32 Å². The van der Waals surface area contributed by atoms with E-state index >= 15 is 0 Å². The van der Waals surface area contributed by atoms with Crippen molar-refractivity contribution < 1.29 is 14.6 Å². The Labute approximate surface area is 205 Å². The molecule has 1 amide bonds. The summed E-state index contributed by atoms with van der Waals surface area (Å²) >= 11 is 0. The number of carbonyl (C=O) groups excluding carboxylic acids is 1. The molecule has 0 saturated heterocycles. The minimum atomic E-state index is -0.608. The minimum Gasteiger partial charge on any atom is -0.506 e. The smallest absolute Gasteiger partial charge is 0.408 e. The molecule has 0 radical (unpaired) electrons. The Kier molecular flexibility index (Phi) is 5.67. The van der Waals surface area contributed by atoms with Gasteiger partial charge in [-0.2, -0.15) is 0 Å². The summed E-state index contributed by atoms with van der Waals surface area (Å²) in [6.45, 7) is 5.80. The number of alkyl carbamates (subject to hydrolysis) is 1. The number of nitrogens with zero attached hydrogens (tertiary/aromatic N) is 2. The van der Waals surface area contributed by atoms with Crippen LogP contribution in [0.2, 0.25) is 0 Å². The molecule has 1 saturated carbocycles. The van der Waals surface area contributed by atoms with Gasteiger partial charge in [-0.15, -0.1) is 0 Å². The van der Waals surface area contributed by atoms with Gasteiger partial charge in [0.2, 0.25) is 0 Å². The second-order valence-electron chi connectivity index (χ2n) is 10.1. The quantitative estimate of drug-likeness (QED) is 0.354. The molecule has 0 aliphatic heterocycles. The number of hydrogen-bond donors (Lipinski definition) is 2. The number of carbonyl (C=O) groups is 1. The van der Waals surface area contributed by atoms with E-state index in [0.29, 0.717) is 16.7 Å². The number of fused-ring (bicyclic) bond motifs is 1. The number of para-hydroxylation sites is 1. The predicted octanol–water partition coefficient (Wildman–Crippen LogP) is 6.57. The summed E-state index contributed by atoms with van der Waals surface area (Å²) in [4.78, 5) is 22.2. The fourth-order valence-electron chi connectivity index (χ4n) is 4.45. The van der Waals surface area contributed by atoms with Crippen molar-refractivity contribution in [2.45, 2.75) is 51.2 Å². The Balaban J connectivity index is 1.53. The van der Waals surface area contributed by atoms with E-state index in [-0.39, 0.29) is 11.3 Å². The molecule has 2 N–H and O–H groups in total. The molecule has 1 aromatic heterocycles. The Morgan fingerprint density at radius 3 is 2.17 bits per heavy atom. The molecule has 1 aliphatic rings. The highest BCUT2D eigenvalue weighted by Gasteiger charge is 2.43. The van der Waals surface area contributed by atoms with Crippen molar-refractivity contribution in [2.24, 2.45) is 0 Å². The summed E-state index contributed by atoms with van der Waals surface area (Å²) < 4.78 is 5.94. The number of nitrogens with one attached hydrogen (secondary N) is 1. The number of rotatable bonds is 4. The number of benzene rings is 3. The molecule has 35 heavy (non-hydrogen) atoms. The van der Waals surface area contributed by atoms with Crippen molar-refractivity contribution in [3.63, 3.8) is 0 Å². The SMILES string of the molecule is CC(C)(C)NC(=O)OC1(c2ccc(-c3nc4c(O)cccc4nc3-c3ccccc3)cc2)CCC1. The van der Waals surface area contributed by atoms with Gasteiger partial charge in [0.15, 0.2) is 0 Å². The molecule has 178 valence electrons. The summed E-state index contributed by atoms with van der Waals surface area (Å²) in [5, 5.41) is 13.3. The molecular weight excluding hydrogens is 438 g/mol. The Morgan fingerprint density at radius 1 is 0.886 bits per heavy atom. The van der Waals surface area contributed by atoms with Crippen LogP contribution in [0.3, 0.4) is 0 Å². The number of hydrogen-bond acceptors (Lipinski definition) is 5. The van der Waals surface area contributed by atoms with E-state index in [4.69, 9.17) is 14.7 Å². The van der Waals surface area contributed by atoms with Gasteiger partial charge in [0.25, 0.3) is 0 Å². The second-order valence-corrected chi connectivity index (χ2v) is 10.1. The lowest BCUT2D eigenvalue weighted by molar-refractivity contribution is -0.0549. The first-order valence-electron chi connectivity index (χ1n) is 11.9. The van der Waals surface area contributed by atoms with Crippen LogP contribution in [0.1, 0.15) is 45.6 Å². The van der Waals surface area contributed by atoms with Gasteiger partial charge in [-0.1, -0.05) is 60.7 Å². The number of phenols is 1. The number of aromatic nitrogens is 2. The number of amides is 1. The monoisotopic (exact) mass is 467 g/mol. The average molecular weight is 468 g/mol. The van der Waals surface area contributed by atoms with Gasteiger partial charge >= 0.3 is 6.09 Å². The van der Waals surface area contributed by atoms with Gasteiger partial charge in [-0.3, -0.25) is 0 Å². The van der Waals surface area contributed by atoms with Gasteiger partial charge in [0, 0.05) is 16.7 Å². The largest absolute Gasteiger partial charge is 0.506 e. The Morgan fingerprint density at radius 2 is 1.54 bits per heavy atom. The molecule has 1 aliphatic carbocycles. The van der Waals surface area contributed by atoms with Gasteiger partial charge < -0.3 is 15.2 Å². The first-order valence-corrected chi connectivity index (χ1v) is 11.9. The first-order chi connectivity index (χ1) is 16.7. The maximum Gasteiger partial charge on any atom is 0.408 e. The molecule has 3 aromatic carbocycles. The number of ether oxygens (including phenoxy) is 1. The van der Waals surface area contributed by atoms with E-state index in [1.807, 2.05) is 81.4 Å². The molecule has 6 nitrogen and oxygen atoms in total. The lowest BCUT2D eigenvalue weighted by Gasteiger charge is -2.42. The Hall–Kier alpha value is -3.93. The summed E-state index contributed by atoms with van der Waals surface area (Å²) in [7, 11) is 0. The summed E-state index contributed by atoms with van der Waals surface area (Å²) in [6.07, 6.45) is 2.20. The van der Waals surface area contributed by atoms with Crippen LogP contribution in [0.4, 0.5) is 4.79 Å². The maximum atomic E-state index is 12.5. The van der Waals surface area contributed by atoms with Crippen LogP contribution in [0, 0.1) is 0 Å². The minimum absolute atomic E-state index is 0.0964. The van der Waals surface area contributed by atoms with Crippen LogP contribution in [-0.2, 0) is 10.3 Å². The third-order valence-electron chi connectivity index (χ3n) is 6.33. The highest BCUT2D eigenvalue weighted by molar-refractivity contribution is 5.89. The number of phenolic OH excluding ortho intramolecular Hbond substituents is 1. The van der Waals surface area contributed by atoms with Gasteiger partial charge in [-0.25, -0.2) is 14.8 Å². The van der Waals surface area contributed by atoms with E-state index in [1.165, 1.54) is 0 Å². The van der Waals surface area contributed by atoms with Gasteiger partial charge in [0.1, 0.15) is 16.9 Å². The molecule has 4 aromatic rings. The van der Waals surface area contributed by atoms with E-state index in [2.05, 4.69) is 5.32 Å².